The molecule has 1 aliphatic rings. The standard InChI is InChI=1S/C26H20N4OS/c27-16-22-23(19-10-13-28-14-11-19)24(30-15-12-18-6-4-5-7-20(18)17-30)26(31,29-25(22)32)21-8-2-1-3-9-21/h1-15,17,22-24,31H/t22-,23+,24-,26-/m0/s1. The Balaban J connectivity index is 1.81. The fourth-order valence-electron chi connectivity index (χ4n) is 4.62. The third-order valence-corrected chi connectivity index (χ3v) is 6.46. The summed E-state index contributed by atoms with van der Waals surface area (Å²) in [6, 6.07) is 24.9. The summed E-state index contributed by atoms with van der Waals surface area (Å²) in [5.74, 6) is -1.09. The van der Waals surface area contributed by atoms with Gasteiger partial charge < -0.3 is 17.7 Å². The Kier molecular flexibility index (Phi) is 5.14. The van der Waals surface area contributed by atoms with E-state index in [0.29, 0.717) is 5.56 Å². The molecule has 0 spiro atoms. The van der Waals surface area contributed by atoms with Gasteiger partial charge in [-0.2, -0.15) is 9.83 Å². The average Bonchev–Trinajstić information content (AvgIpc) is 2.84. The number of rotatable bonds is 3. The number of aromatic nitrogens is 2. The zero-order chi connectivity index (χ0) is 22.1. The molecule has 0 saturated heterocycles. The second-order valence-corrected chi connectivity index (χ2v) is 8.34. The number of pyridine rings is 2. The van der Waals surface area contributed by atoms with Crippen molar-refractivity contribution in [3.8, 4) is 6.07 Å². The van der Waals surface area contributed by atoms with Gasteiger partial charge in [0, 0.05) is 29.4 Å². The monoisotopic (exact) mass is 436 g/mol. The van der Waals surface area contributed by atoms with Gasteiger partial charge in [0.05, 0.1) is 17.9 Å². The second-order valence-electron chi connectivity index (χ2n) is 7.92. The summed E-state index contributed by atoms with van der Waals surface area (Å²) in [7, 11) is 0. The van der Waals surface area contributed by atoms with Crippen LogP contribution in [-0.4, -0.2) is 15.1 Å². The molecule has 1 aliphatic heterocycles. The van der Waals surface area contributed by atoms with Gasteiger partial charge >= 0.3 is 0 Å². The van der Waals surface area contributed by atoms with E-state index in [1.165, 1.54) is 0 Å². The summed E-state index contributed by atoms with van der Waals surface area (Å²) in [5, 5.41) is 24.5. The molecule has 1 N–H and O–H groups in total. The highest BCUT2D eigenvalue weighted by Crippen LogP contribution is 2.48. The lowest BCUT2D eigenvalue weighted by molar-refractivity contribution is -0.742. The molecule has 0 amide bonds. The number of aliphatic imine (C=N–C) groups is 1. The first-order valence-electron chi connectivity index (χ1n) is 10.4. The largest absolute Gasteiger partial charge is 0.764 e. The number of hydrogen-bond acceptors (Lipinski definition) is 5. The molecular formula is C26H20N4OS. The van der Waals surface area contributed by atoms with Crippen molar-refractivity contribution in [2.75, 3.05) is 0 Å². The lowest BCUT2D eigenvalue weighted by atomic mass is 9.73. The van der Waals surface area contributed by atoms with Crippen LogP contribution in [-0.2, 0) is 18.4 Å². The summed E-state index contributed by atoms with van der Waals surface area (Å²) in [6.45, 7) is 0. The van der Waals surface area contributed by atoms with Gasteiger partial charge in [-0.05, 0) is 29.1 Å². The number of nitrogens with zero attached hydrogens (tertiary/aromatic N) is 4. The van der Waals surface area contributed by atoms with Crippen LogP contribution in [0.15, 0.2) is 103 Å². The molecule has 6 heteroatoms. The Morgan fingerprint density at radius 3 is 2.34 bits per heavy atom. The molecule has 0 bridgehead atoms. The Bertz CT molecular complexity index is 1340. The highest BCUT2D eigenvalue weighted by molar-refractivity contribution is 7.77. The van der Waals surface area contributed by atoms with Crippen LogP contribution in [0.1, 0.15) is 23.1 Å². The van der Waals surface area contributed by atoms with Crippen molar-refractivity contribution in [3.63, 3.8) is 0 Å². The summed E-state index contributed by atoms with van der Waals surface area (Å²) < 4.78 is 1.97. The number of fused-ring (bicyclic) bond motifs is 1. The van der Waals surface area contributed by atoms with E-state index in [1.54, 1.807) is 12.4 Å². The van der Waals surface area contributed by atoms with E-state index < -0.39 is 23.6 Å². The maximum Gasteiger partial charge on any atom is 0.244 e. The highest BCUT2D eigenvalue weighted by Gasteiger charge is 2.55. The highest BCUT2D eigenvalue weighted by atomic mass is 32.1. The molecule has 0 aliphatic carbocycles. The average molecular weight is 437 g/mol. The zero-order valence-corrected chi connectivity index (χ0v) is 17.9. The molecule has 0 saturated carbocycles. The quantitative estimate of drug-likeness (QED) is 0.392. The minimum absolute atomic E-state index is 0.207. The summed E-state index contributed by atoms with van der Waals surface area (Å²) in [6.07, 6.45) is 7.33. The van der Waals surface area contributed by atoms with Crippen molar-refractivity contribution < 1.29 is 9.67 Å². The minimum atomic E-state index is -1.65. The maximum absolute atomic E-state index is 12.1. The van der Waals surface area contributed by atoms with Crippen LogP contribution in [0.3, 0.4) is 0 Å². The van der Waals surface area contributed by atoms with Crippen LogP contribution in [0.25, 0.3) is 10.8 Å². The van der Waals surface area contributed by atoms with Crippen molar-refractivity contribution in [2.24, 2.45) is 10.9 Å². The van der Waals surface area contributed by atoms with Crippen molar-refractivity contribution >= 4 is 28.4 Å². The Morgan fingerprint density at radius 2 is 1.62 bits per heavy atom. The summed E-state index contributed by atoms with van der Waals surface area (Å²) in [4.78, 5) is 8.71. The molecular weight excluding hydrogens is 416 g/mol. The van der Waals surface area contributed by atoms with Crippen LogP contribution in [0.5, 0.6) is 0 Å². The van der Waals surface area contributed by atoms with Crippen LogP contribution >= 0.6 is 0 Å². The predicted molar refractivity (Wildman–Crippen MR) is 124 cm³/mol. The van der Waals surface area contributed by atoms with Crippen molar-refractivity contribution in [3.05, 3.63) is 109 Å². The molecule has 0 fully saturated rings. The summed E-state index contributed by atoms with van der Waals surface area (Å²) in [5.41, 5.74) is -0.139. The molecule has 4 aromatic rings. The van der Waals surface area contributed by atoms with E-state index in [0.717, 1.165) is 16.3 Å². The number of benzene rings is 2. The molecule has 156 valence electrons. The van der Waals surface area contributed by atoms with E-state index in [1.807, 2.05) is 89.8 Å². The van der Waals surface area contributed by atoms with Gasteiger partial charge in [-0.3, -0.25) is 9.98 Å². The molecule has 32 heavy (non-hydrogen) atoms. The van der Waals surface area contributed by atoms with Gasteiger partial charge in [0.2, 0.25) is 11.8 Å². The zero-order valence-electron chi connectivity index (χ0n) is 17.1. The summed E-state index contributed by atoms with van der Waals surface area (Å²) >= 11 is 5.56. The molecule has 5 nitrogen and oxygen atoms in total. The van der Waals surface area contributed by atoms with Crippen molar-refractivity contribution in [1.82, 2.24) is 4.98 Å². The number of aliphatic hydroxyl groups is 1. The predicted octanol–water partition coefficient (Wildman–Crippen LogP) is 3.79. The van der Waals surface area contributed by atoms with E-state index in [9.17, 15) is 10.4 Å². The molecule has 4 atom stereocenters. The Labute approximate surface area is 191 Å². The van der Waals surface area contributed by atoms with Gasteiger partial charge in [0.25, 0.3) is 0 Å². The number of nitriles is 1. The third kappa shape index (κ3) is 3.32. The van der Waals surface area contributed by atoms with E-state index in [2.05, 4.69) is 16.0 Å². The molecule has 5 rings (SSSR count). The van der Waals surface area contributed by atoms with Gasteiger partial charge in [-0.1, -0.05) is 53.6 Å². The SMILES string of the molecule is N#C[C@@H]1C([S-])=N[C@](O)(c2ccccc2)[C@@H]([n+]2ccc3ccccc3c2)[C@@H]1c1ccncc1. The van der Waals surface area contributed by atoms with Crippen LogP contribution < -0.4 is 4.57 Å². The van der Waals surface area contributed by atoms with Crippen molar-refractivity contribution in [1.29, 1.82) is 5.26 Å². The lowest BCUT2D eigenvalue weighted by Crippen LogP contribution is -2.57. The van der Waals surface area contributed by atoms with Crippen LogP contribution in [0, 0.1) is 17.2 Å². The number of hydrogen-bond donors (Lipinski definition) is 1. The minimum Gasteiger partial charge on any atom is -0.764 e. The fourth-order valence-corrected chi connectivity index (χ4v) is 4.96. The first-order valence-corrected chi connectivity index (χ1v) is 10.8. The smallest absolute Gasteiger partial charge is 0.244 e. The van der Waals surface area contributed by atoms with Crippen LogP contribution in [0.4, 0.5) is 0 Å². The van der Waals surface area contributed by atoms with E-state index >= 15 is 0 Å². The Hall–Kier alpha value is -3.66. The molecule has 3 heterocycles. The molecule has 0 unspecified atom stereocenters. The fraction of sp³-hybridized carbons (Fsp3) is 0.154. The molecule has 0 radical (unpaired) electrons. The van der Waals surface area contributed by atoms with E-state index in [4.69, 9.17) is 12.6 Å². The lowest BCUT2D eigenvalue weighted by Gasteiger charge is -2.43. The second kappa shape index (κ2) is 8.12. The van der Waals surface area contributed by atoms with Gasteiger partial charge in [0.1, 0.15) is 0 Å². The first-order chi connectivity index (χ1) is 15.6. The maximum atomic E-state index is 12.1. The van der Waals surface area contributed by atoms with Crippen LogP contribution in [0.2, 0.25) is 0 Å². The normalized spacial score (nSPS) is 25.1. The van der Waals surface area contributed by atoms with Gasteiger partial charge in [-0.15, -0.1) is 0 Å². The van der Waals surface area contributed by atoms with Gasteiger partial charge in [-0.25, -0.2) is 0 Å². The third-order valence-electron chi connectivity index (χ3n) is 6.12. The topological polar surface area (TPSA) is 73.2 Å². The Morgan fingerprint density at radius 1 is 0.938 bits per heavy atom. The first kappa shape index (κ1) is 20.3. The van der Waals surface area contributed by atoms with Gasteiger partial charge in [0.15, 0.2) is 12.4 Å². The van der Waals surface area contributed by atoms with Crippen molar-refractivity contribution in [2.45, 2.75) is 17.7 Å². The molecule has 2 aromatic carbocycles. The van der Waals surface area contributed by atoms with E-state index in [-0.39, 0.29) is 5.04 Å². The molecule has 2 aromatic heterocycles.